The van der Waals surface area contributed by atoms with Gasteiger partial charge in [-0.25, -0.2) is 0 Å². The van der Waals surface area contributed by atoms with E-state index in [-0.39, 0.29) is 10.7 Å². The molecule has 1 N–H and O–H groups in total. The molecule has 1 fully saturated rings. The second-order valence-electron chi connectivity index (χ2n) is 6.42. The summed E-state index contributed by atoms with van der Waals surface area (Å²) in [5, 5.41) is 3.13. The van der Waals surface area contributed by atoms with Crippen molar-refractivity contribution in [3.05, 3.63) is 101 Å². The molecule has 0 unspecified atom stereocenters. The number of allylic oxidation sites excluding steroid dienone is 2. The van der Waals surface area contributed by atoms with Crippen molar-refractivity contribution >= 4 is 58.1 Å². The summed E-state index contributed by atoms with van der Waals surface area (Å²) >= 11 is 11.2. The van der Waals surface area contributed by atoms with Gasteiger partial charge >= 0.3 is 0 Å². The molecule has 1 aliphatic heterocycles. The van der Waals surface area contributed by atoms with Gasteiger partial charge in [0.2, 0.25) is 0 Å². The first-order valence-corrected chi connectivity index (χ1v) is 9.79. The minimum Gasteiger partial charge on any atom is -0.465 e. The summed E-state index contributed by atoms with van der Waals surface area (Å²) in [7, 11) is 0. The maximum Gasteiger partial charge on any atom is 0.270 e. The average molecular weight is 435 g/mol. The fourth-order valence-corrected chi connectivity index (χ4v) is 3.41. The van der Waals surface area contributed by atoms with Gasteiger partial charge in [0.1, 0.15) is 11.3 Å². The van der Waals surface area contributed by atoms with Gasteiger partial charge in [0.15, 0.2) is 5.11 Å². The smallest absolute Gasteiger partial charge is 0.270 e. The van der Waals surface area contributed by atoms with Crippen LogP contribution in [-0.2, 0) is 9.59 Å². The van der Waals surface area contributed by atoms with E-state index in [2.05, 4.69) is 5.32 Å². The van der Waals surface area contributed by atoms with Gasteiger partial charge < -0.3 is 4.42 Å². The molecule has 3 aromatic rings. The number of halogens is 1. The van der Waals surface area contributed by atoms with E-state index < -0.39 is 11.8 Å². The van der Waals surface area contributed by atoms with Crippen LogP contribution in [0, 0.1) is 0 Å². The van der Waals surface area contributed by atoms with Crippen LogP contribution in [0.25, 0.3) is 11.6 Å². The Morgan fingerprint density at radius 2 is 1.73 bits per heavy atom. The quantitative estimate of drug-likeness (QED) is 0.362. The van der Waals surface area contributed by atoms with Crippen LogP contribution in [0.15, 0.2) is 89.1 Å². The van der Waals surface area contributed by atoms with Crippen LogP contribution in [0.1, 0.15) is 11.3 Å². The molecular formula is C23H15ClN2O3S. The highest BCUT2D eigenvalue weighted by molar-refractivity contribution is 7.80. The van der Waals surface area contributed by atoms with Crippen LogP contribution in [0.4, 0.5) is 5.69 Å². The van der Waals surface area contributed by atoms with Crippen molar-refractivity contribution in [2.75, 3.05) is 4.90 Å². The molecule has 0 bridgehead atoms. The van der Waals surface area contributed by atoms with E-state index in [1.807, 2.05) is 30.3 Å². The predicted octanol–water partition coefficient (Wildman–Crippen LogP) is 4.85. The molecule has 4 rings (SSSR count). The third-order valence-corrected chi connectivity index (χ3v) is 4.97. The van der Waals surface area contributed by atoms with Crippen molar-refractivity contribution in [3.8, 4) is 0 Å². The Morgan fingerprint density at radius 1 is 1.00 bits per heavy atom. The van der Waals surface area contributed by atoms with Gasteiger partial charge in [-0.15, -0.1) is 0 Å². The number of nitrogens with one attached hydrogen (secondary N) is 1. The lowest BCUT2D eigenvalue weighted by Crippen LogP contribution is -2.54. The Kier molecular flexibility index (Phi) is 5.61. The monoisotopic (exact) mass is 434 g/mol. The first kappa shape index (κ1) is 19.8. The zero-order valence-corrected chi connectivity index (χ0v) is 17.1. The van der Waals surface area contributed by atoms with Crippen molar-refractivity contribution in [1.82, 2.24) is 5.32 Å². The van der Waals surface area contributed by atoms with Gasteiger partial charge in [-0.1, -0.05) is 41.9 Å². The van der Waals surface area contributed by atoms with Crippen molar-refractivity contribution in [1.29, 1.82) is 0 Å². The Hall–Kier alpha value is -3.48. The molecule has 0 spiro atoms. The van der Waals surface area contributed by atoms with E-state index in [1.54, 1.807) is 54.8 Å². The van der Waals surface area contributed by atoms with Crippen LogP contribution >= 0.6 is 23.8 Å². The molecule has 7 heteroatoms. The van der Waals surface area contributed by atoms with Gasteiger partial charge in [-0.2, -0.15) is 0 Å². The maximum absolute atomic E-state index is 13.2. The number of hydrogen-bond acceptors (Lipinski definition) is 4. The topological polar surface area (TPSA) is 62.6 Å². The van der Waals surface area contributed by atoms with E-state index in [1.165, 1.54) is 4.90 Å². The Labute approximate surface area is 183 Å². The van der Waals surface area contributed by atoms with Crippen LogP contribution in [0.5, 0.6) is 0 Å². The lowest BCUT2D eigenvalue weighted by Gasteiger charge is -2.29. The molecular weight excluding hydrogens is 420 g/mol. The molecule has 1 aromatic heterocycles. The normalized spacial score (nSPS) is 16.2. The van der Waals surface area contributed by atoms with Gasteiger partial charge in [0.05, 0.1) is 12.0 Å². The van der Waals surface area contributed by atoms with Gasteiger partial charge in [0.25, 0.3) is 11.8 Å². The average Bonchev–Trinajstić information content (AvgIpc) is 3.25. The predicted molar refractivity (Wildman–Crippen MR) is 121 cm³/mol. The number of rotatable bonds is 4. The van der Waals surface area contributed by atoms with E-state index in [4.69, 9.17) is 28.2 Å². The van der Waals surface area contributed by atoms with Crippen LogP contribution in [-0.4, -0.2) is 16.9 Å². The molecule has 0 aliphatic carbocycles. The second-order valence-corrected chi connectivity index (χ2v) is 7.24. The van der Waals surface area contributed by atoms with Crippen molar-refractivity contribution in [2.24, 2.45) is 0 Å². The summed E-state index contributed by atoms with van der Waals surface area (Å²) in [6, 6.07) is 19.6. The highest BCUT2D eigenvalue weighted by atomic mass is 35.5. The highest BCUT2D eigenvalue weighted by Crippen LogP contribution is 2.26. The Morgan fingerprint density at radius 3 is 2.40 bits per heavy atom. The third-order valence-electron chi connectivity index (χ3n) is 4.43. The molecule has 1 saturated heterocycles. The summed E-state index contributed by atoms with van der Waals surface area (Å²) < 4.78 is 5.41. The standard InChI is InChI=1S/C23H15ClN2O3S/c24-17-8-10-18(11-9-17)26-22(28)20(21(27)25-23(26)30)14-16(13-19-7-4-12-29-19)15-5-2-1-3-6-15/h1-14H,(H,25,27,30). The van der Waals surface area contributed by atoms with E-state index >= 15 is 0 Å². The number of nitrogens with zero attached hydrogens (tertiary/aromatic N) is 1. The molecule has 2 heterocycles. The number of carbonyl (C=O) groups is 2. The Bertz CT molecular complexity index is 1170. The number of amides is 2. The third kappa shape index (κ3) is 4.10. The van der Waals surface area contributed by atoms with Crippen molar-refractivity contribution in [3.63, 3.8) is 0 Å². The number of furan rings is 1. The number of thiocarbonyl (C=S) groups is 1. The molecule has 148 valence electrons. The van der Waals surface area contributed by atoms with Gasteiger partial charge in [-0.3, -0.25) is 19.8 Å². The minimum atomic E-state index is -0.559. The van der Waals surface area contributed by atoms with E-state index in [0.29, 0.717) is 22.0 Å². The molecule has 0 atom stereocenters. The van der Waals surface area contributed by atoms with E-state index in [0.717, 1.165) is 5.56 Å². The van der Waals surface area contributed by atoms with Crippen molar-refractivity contribution in [2.45, 2.75) is 0 Å². The molecule has 0 saturated carbocycles. The lowest BCUT2D eigenvalue weighted by molar-refractivity contribution is -0.122. The lowest BCUT2D eigenvalue weighted by atomic mass is 10.00. The first-order valence-electron chi connectivity index (χ1n) is 9.00. The number of anilines is 1. The fraction of sp³-hybridized carbons (Fsp3) is 0. The summed E-state index contributed by atoms with van der Waals surface area (Å²) in [5.41, 5.74) is 1.94. The van der Waals surface area contributed by atoms with Crippen LogP contribution in [0.2, 0.25) is 5.02 Å². The summed E-state index contributed by atoms with van der Waals surface area (Å²) in [6.07, 6.45) is 4.86. The molecule has 2 amide bonds. The second kappa shape index (κ2) is 8.49. The summed E-state index contributed by atoms with van der Waals surface area (Å²) in [6.45, 7) is 0. The molecule has 30 heavy (non-hydrogen) atoms. The Balaban J connectivity index is 1.79. The molecule has 5 nitrogen and oxygen atoms in total. The first-order chi connectivity index (χ1) is 14.5. The SMILES string of the molecule is O=C1NC(=S)N(c2ccc(Cl)cc2)C(=O)C1=CC(=Cc1ccco1)c1ccccc1. The summed E-state index contributed by atoms with van der Waals surface area (Å²) in [5.74, 6) is -0.483. The zero-order chi connectivity index (χ0) is 21.1. The highest BCUT2D eigenvalue weighted by Gasteiger charge is 2.34. The molecule has 1 aliphatic rings. The van der Waals surface area contributed by atoms with Crippen LogP contribution < -0.4 is 10.2 Å². The number of hydrogen-bond donors (Lipinski definition) is 1. The zero-order valence-electron chi connectivity index (χ0n) is 15.5. The maximum atomic E-state index is 13.2. The van der Waals surface area contributed by atoms with Crippen LogP contribution in [0.3, 0.4) is 0 Å². The molecule has 2 aromatic carbocycles. The van der Waals surface area contributed by atoms with Crippen molar-refractivity contribution < 1.29 is 14.0 Å². The molecule has 0 radical (unpaired) electrons. The summed E-state index contributed by atoms with van der Waals surface area (Å²) in [4.78, 5) is 27.1. The van der Waals surface area contributed by atoms with Gasteiger partial charge in [-0.05, 0) is 71.9 Å². The number of carbonyl (C=O) groups excluding carboxylic acids is 2. The number of benzene rings is 2. The van der Waals surface area contributed by atoms with Gasteiger partial charge in [0, 0.05) is 5.02 Å². The minimum absolute atomic E-state index is 0.0146. The largest absolute Gasteiger partial charge is 0.465 e. The fourth-order valence-electron chi connectivity index (χ4n) is 3.00. The van der Waals surface area contributed by atoms with E-state index in [9.17, 15) is 9.59 Å².